The Morgan fingerprint density at radius 2 is 1.85 bits per heavy atom. The quantitative estimate of drug-likeness (QED) is 0.762. The predicted octanol–water partition coefficient (Wildman–Crippen LogP) is 3.40. The number of anilines is 1. The van der Waals surface area contributed by atoms with Crippen molar-refractivity contribution in [1.29, 1.82) is 0 Å². The summed E-state index contributed by atoms with van der Waals surface area (Å²) in [7, 11) is 0. The predicted molar refractivity (Wildman–Crippen MR) is 95.4 cm³/mol. The minimum Gasteiger partial charge on any atom is -0.459 e. The molecule has 0 spiro atoms. The third-order valence-electron chi connectivity index (χ3n) is 4.36. The summed E-state index contributed by atoms with van der Waals surface area (Å²) in [6.45, 7) is 4.69. The first-order valence-electron chi connectivity index (χ1n) is 8.20. The first-order valence-corrected chi connectivity index (χ1v) is 9.02. The molecule has 7 nitrogen and oxygen atoms in total. The average Bonchev–Trinajstić information content (AvgIpc) is 3.32. The third kappa shape index (κ3) is 2.92. The van der Waals surface area contributed by atoms with E-state index in [1.807, 2.05) is 13.8 Å². The van der Waals surface area contributed by atoms with Gasteiger partial charge in [0.1, 0.15) is 0 Å². The molecule has 4 heterocycles. The highest BCUT2D eigenvalue weighted by Gasteiger charge is 2.27. The number of amides is 2. The number of hydrogen-bond acceptors (Lipinski definition) is 6. The highest BCUT2D eigenvalue weighted by atomic mass is 32.1. The van der Waals surface area contributed by atoms with Crippen LogP contribution in [0, 0.1) is 13.8 Å². The van der Waals surface area contributed by atoms with Crippen LogP contribution in [0.15, 0.2) is 33.5 Å². The summed E-state index contributed by atoms with van der Waals surface area (Å²) in [4.78, 5) is 32.1. The zero-order chi connectivity index (χ0) is 18.3. The van der Waals surface area contributed by atoms with E-state index >= 15 is 0 Å². The number of nitrogens with zero attached hydrogens (tertiary/aromatic N) is 2. The van der Waals surface area contributed by atoms with Crippen molar-refractivity contribution in [2.45, 2.75) is 26.8 Å². The third-order valence-corrected chi connectivity index (χ3v) is 5.36. The largest absolute Gasteiger partial charge is 0.459 e. The van der Waals surface area contributed by atoms with Crippen LogP contribution in [-0.4, -0.2) is 28.2 Å². The first kappa shape index (κ1) is 16.6. The number of aromatic nitrogens is 1. The Morgan fingerprint density at radius 1 is 1.15 bits per heavy atom. The van der Waals surface area contributed by atoms with Crippen LogP contribution in [0.2, 0.25) is 0 Å². The number of rotatable bonds is 3. The summed E-state index contributed by atoms with van der Waals surface area (Å²) in [5.41, 5.74) is 2.52. The minimum atomic E-state index is -0.322. The number of fused-ring (bicyclic) bond motifs is 1. The Kier molecular flexibility index (Phi) is 4.12. The fourth-order valence-corrected chi connectivity index (χ4v) is 3.94. The van der Waals surface area contributed by atoms with Gasteiger partial charge in [-0.2, -0.15) is 0 Å². The minimum absolute atomic E-state index is 0.122. The summed E-state index contributed by atoms with van der Waals surface area (Å²) in [5.74, 6) is 0.212. The summed E-state index contributed by atoms with van der Waals surface area (Å²) in [6, 6.07) is 3.52. The van der Waals surface area contributed by atoms with Crippen LogP contribution in [0.3, 0.4) is 0 Å². The van der Waals surface area contributed by atoms with E-state index in [4.69, 9.17) is 8.83 Å². The Morgan fingerprint density at radius 3 is 2.50 bits per heavy atom. The van der Waals surface area contributed by atoms with E-state index in [1.165, 1.54) is 23.9 Å². The molecule has 134 valence electrons. The number of thiazole rings is 1. The van der Waals surface area contributed by atoms with Gasteiger partial charge in [-0.3, -0.25) is 14.9 Å². The monoisotopic (exact) mass is 371 g/mol. The van der Waals surface area contributed by atoms with Crippen molar-refractivity contribution < 1.29 is 18.4 Å². The standard InChI is InChI=1S/C18H17N3O4S/c1-10-4-7-24-14(10)16(22)20-18-19-12-3-6-21(9-13(12)26-18)17(23)15-11(2)5-8-25-15/h4-5,7-8H,3,6,9H2,1-2H3,(H,19,20,22). The molecule has 26 heavy (non-hydrogen) atoms. The van der Waals surface area contributed by atoms with Crippen molar-refractivity contribution in [1.82, 2.24) is 9.88 Å². The highest BCUT2D eigenvalue weighted by Crippen LogP contribution is 2.30. The molecular weight excluding hydrogens is 354 g/mol. The molecular formula is C18H17N3O4S. The molecule has 2 amide bonds. The molecule has 8 heteroatoms. The Bertz CT molecular complexity index is 984. The van der Waals surface area contributed by atoms with E-state index in [1.54, 1.807) is 17.0 Å². The van der Waals surface area contributed by atoms with Gasteiger partial charge in [-0.05, 0) is 26.0 Å². The summed E-state index contributed by atoms with van der Waals surface area (Å²) in [5, 5.41) is 3.29. The van der Waals surface area contributed by atoms with E-state index in [2.05, 4.69) is 10.3 Å². The van der Waals surface area contributed by atoms with Crippen LogP contribution in [0.1, 0.15) is 42.8 Å². The van der Waals surface area contributed by atoms with Crippen molar-refractivity contribution >= 4 is 28.3 Å². The number of nitrogens with one attached hydrogen (secondary N) is 1. The van der Waals surface area contributed by atoms with Crippen molar-refractivity contribution in [2.24, 2.45) is 0 Å². The molecule has 3 aromatic rings. The fourth-order valence-electron chi connectivity index (χ4n) is 2.92. The molecule has 1 N–H and O–H groups in total. The van der Waals surface area contributed by atoms with Crippen molar-refractivity contribution in [2.75, 3.05) is 11.9 Å². The van der Waals surface area contributed by atoms with Gasteiger partial charge >= 0.3 is 0 Å². The van der Waals surface area contributed by atoms with Gasteiger partial charge in [-0.15, -0.1) is 0 Å². The van der Waals surface area contributed by atoms with Crippen LogP contribution in [-0.2, 0) is 13.0 Å². The molecule has 0 aromatic carbocycles. The lowest BCUT2D eigenvalue weighted by Gasteiger charge is -2.25. The number of carbonyl (C=O) groups is 2. The van der Waals surface area contributed by atoms with Crippen LogP contribution in [0.5, 0.6) is 0 Å². The zero-order valence-corrected chi connectivity index (χ0v) is 15.2. The van der Waals surface area contributed by atoms with Gasteiger partial charge in [-0.1, -0.05) is 11.3 Å². The van der Waals surface area contributed by atoms with E-state index in [0.29, 0.717) is 30.4 Å². The molecule has 0 saturated carbocycles. The maximum atomic E-state index is 12.6. The van der Waals surface area contributed by atoms with Gasteiger partial charge in [0.05, 0.1) is 24.8 Å². The molecule has 0 saturated heterocycles. The highest BCUT2D eigenvalue weighted by molar-refractivity contribution is 7.15. The van der Waals surface area contributed by atoms with Gasteiger partial charge in [0.15, 0.2) is 16.7 Å². The lowest BCUT2D eigenvalue weighted by molar-refractivity contribution is 0.0702. The molecule has 0 fully saturated rings. The summed E-state index contributed by atoms with van der Waals surface area (Å²) in [6.07, 6.45) is 3.65. The summed E-state index contributed by atoms with van der Waals surface area (Å²) < 4.78 is 10.5. The average molecular weight is 371 g/mol. The first-order chi connectivity index (χ1) is 12.5. The topological polar surface area (TPSA) is 88.6 Å². The molecule has 0 aliphatic carbocycles. The van der Waals surface area contributed by atoms with E-state index in [9.17, 15) is 9.59 Å². The van der Waals surface area contributed by atoms with Crippen LogP contribution < -0.4 is 5.32 Å². The van der Waals surface area contributed by atoms with Crippen LogP contribution >= 0.6 is 11.3 Å². The molecule has 4 rings (SSSR count). The normalized spacial score (nSPS) is 13.5. The fraction of sp³-hybridized carbons (Fsp3) is 0.278. The molecule has 1 aliphatic rings. The summed E-state index contributed by atoms with van der Waals surface area (Å²) >= 11 is 1.38. The molecule has 1 aliphatic heterocycles. The SMILES string of the molecule is Cc1ccoc1C(=O)Nc1nc2c(s1)CN(C(=O)c1occc1C)CC2. The van der Waals surface area contributed by atoms with Crippen LogP contribution in [0.25, 0.3) is 0 Å². The van der Waals surface area contributed by atoms with Gasteiger partial charge in [0.2, 0.25) is 0 Å². The second-order valence-corrected chi connectivity index (χ2v) is 7.27. The number of furan rings is 2. The number of carbonyl (C=O) groups excluding carboxylic acids is 2. The lowest BCUT2D eigenvalue weighted by atomic mass is 10.1. The Balaban J connectivity index is 1.49. The van der Waals surface area contributed by atoms with E-state index < -0.39 is 0 Å². The Labute approximate surface area is 153 Å². The second-order valence-electron chi connectivity index (χ2n) is 6.19. The molecule has 0 atom stereocenters. The zero-order valence-electron chi connectivity index (χ0n) is 14.4. The van der Waals surface area contributed by atoms with Gasteiger partial charge in [-0.25, -0.2) is 4.98 Å². The van der Waals surface area contributed by atoms with Crippen molar-refractivity contribution in [3.8, 4) is 0 Å². The van der Waals surface area contributed by atoms with Gasteiger partial charge in [0, 0.05) is 29.0 Å². The van der Waals surface area contributed by atoms with Gasteiger partial charge < -0.3 is 13.7 Å². The molecule has 3 aromatic heterocycles. The van der Waals surface area contributed by atoms with E-state index in [-0.39, 0.29) is 17.6 Å². The Hall–Kier alpha value is -2.87. The maximum absolute atomic E-state index is 12.6. The molecule has 0 bridgehead atoms. The number of hydrogen-bond donors (Lipinski definition) is 1. The lowest BCUT2D eigenvalue weighted by Crippen LogP contribution is -2.35. The van der Waals surface area contributed by atoms with Crippen LogP contribution in [0.4, 0.5) is 5.13 Å². The van der Waals surface area contributed by atoms with E-state index in [0.717, 1.165) is 21.7 Å². The molecule has 0 radical (unpaired) electrons. The van der Waals surface area contributed by atoms with Crippen molar-refractivity contribution in [3.05, 3.63) is 57.9 Å². The smallest absolute Gasteiger partial charge is 0.293 e. The van der Waals surface area contributed by atoms with Gasteiger partial charge in [0.25, 0.3) is 11.8 Å². The molecule has 0 unspecified atom stereocenters. The number of aryl methyl sites for hydroxylation is 2. The second kappa shape index (κ2) is 6.45. The van der Waals surface area contributed by atoms with Crippen molar-refractivity contribution in [3.63, 3.8) is 0 Å². The maximum Gasteiger partial charge on any atom is 0.293 e.